The number of carbonyl (C=O) groups is 1. The van der Waals surface area contributed by atoms with E-state index in [0.717, 1.165) is 11.1 Å². The van der Waals surface area contributed by atoms with E-state index in [1.807, 2.05) is 30.9 Å². The number of aromatic hydroxyl groups is 1. The van der Waals surface area contributed by atoms with Crippen molar-refractivity contribution in [2.24, 2.45) is 0 Å². The zero-order chi connectivity index (χ0) is 25.4. The van der Waals surface area contributed by atoms with E-state index in [1.54, 1.807) is 18.2 Å². The van der Waals surface area contributed by atoms with Crippen molar-refractivity contribution in [3.05, 3.63) is 75.3 Å². The van der Waals surface area contributed by atoms with Crippen molar-refractivity contribution in [1.82, 2.24) is 4.98 Å². The Morgan fingerprint density at radius 2 is 1.86 bits per heavy atom. The highest BCUT2D eigenvalue weighted by Gasteiger charge is 2.24. The minimum Gasteiger partial charge on any atom is -0.507 e. The van der Waals surface area contributed by atoms with Gasteiger partial charge in [0.15, 0.2) is 5.58 Å². The van der Waals surface area contributed by atoms with Crippen LogP contribution in [0.2, 0.25) is 0 Å². The number of halogens is 1. The molecule has 0 bridgehead atoms. The molecule has 37 heavy (non-hydrogen) atoms. The van der Waals surface area contributed by atoms with Crippen molar-refractivity contribution in [2.45, 2.75) is 13.8 Å². The third-order valence-corrected chi connectivity index (χ3v) is 6.09. The van der Waals surface area contributed by atoms with Crippen LogP contribution < -0.4 is 10.2 Å². The average molecular weight is 525 g/mol. The topological polar surface area (TPSA) is 131 Å². The zero-order valence-corrected chi connectivity index (χ0v) is 21.0. The maximum absolute atomic E-state index is 13.0. The number of anilines is 2. The largest absolute Gasteiger partial charge is 0.507 e. The van der Waals surface area contributed by atoms with Gasteiger partial charge in [0.2, 0.25) is 5.89 Å². The highest BCUT2D eigenvalue weighted by Crippen LogP contribution is 2.35. The van der Waals surface area contributed by atoms with Crippen LogP contribution in [-0.2, 0) is 4.74 Å². The lowest BCUT2D eigenvalue weighted by Gasteiger charge is -2.28. The van der Waals surface area contributed by atoms with Crippen LogP contribution in [0.25, 0.3) is 22.6 Å². The van der Waals surface area contributed by atoms with Gasteiger partial charge in [-0.3, -0.25) is 14.9 Å². The monoisotopic (exact) mass is 524 g/mol. The molecule has 1 aliphatic rings. The number of aromatic nitrogens is 1. The Bertz CT molecular complexity index is 1500. The minimum atomic E-state index is -0.521. The van der Waals surface area contributed by atoms with Gasteiger partial charge >= 0.3 is 0 Å². The van der Waals surface area contributed by atoms with Crippen molar-refractivity contribution < 1.29 is 24.0 Å². The van der Waals surface area contributed by atoms with Crippen LogP contribution in [0.1, 0.15) is 21.5 Å². The molecule has 1 saturated heterocycles. The van der Waals surface area contributed by atoms with Crippen molar-refractivity contribution in [2.75, 3.05) is 36.5 Å². The van der Waals surface area contributed by atoms with Gasteiger partial charge in [-0.15, -0.1) is 12.4 Å². The Morgan fingerprint density at radius 1 is 1.11 bits per heavy atom. The summed E-state index contributed by atoms with van der Waals surface area (Å²) in [5.41, 5.74) is 4.40. The fourth-order valence-electron chi connectivity index (χ4n) is 4.36. The molecule has 4 aromatic rings. The normalized spacial score (nSPS) is 13.3. The number of amides is 1. The fraction of sp³-hybridized carbons (Fsp3) is 0.231. The molecule has 2 N–H and O–H groups in total. The van der Waals surface area contributed by atoms with E-state index < -0.39 is 10.8 Å². The van der Waals surface area contributed by atoms with Gasteiger partial charge in [-0.2, -0.15) is 0 Å². The number of carbonyl (C=O) groups excluding carboxylic acids is 1. The number of hydrogen-bond donors (Lipinski definition) is 2. The first-order valence-electron chi connectivity index (χ1n) is 11.4. The molecule has 3 aromatic carbocycles. The van der Waals surface area contributed by atoms with Crippen molar-refractivity contribution in [3.63, 3.8) is 0 Å². The third-order valence-electron chi connectivity index (χ3n) is 6.09. The van der Waals surface area contributed by atoms with Crippen LogP contribution in [0.15, 0.2) is 52.9 Å². The lowest BCUT2D eigenvalue weighted by molar-refractivity contribution is -0.384. The predicted octanol–water partition coefficient (Wildman–Crippen LogP) is 5.24. The second-order valence-corrected chi connectivity index (χ2v) is 8.70. The number of phenols is 1. The van der Waals surface area contributed by atoms with Gasteiger partial charge in [0.05, 0.1) is 23.7 Å². The summed E-state index contributed by atoms with van der Waals surface area (Å²) in [5.74, 6) is -0.357. The minimum absolute atomic E-state index is 0. The zero-order valence-electron chi connectivity index (χ0n) is 20.2. The van der Waals surface area contributed by atoms with Gasteiger partial charge in [0.25, 0.3) is 11.6 Å². The van der Waals surface area contributed by atoms with Gasteiger partial charge in [0, 0.05) is 30.4 Å². The summed E-state index contributed by atoms with van der Waals surface area (Å²) < 4.78 is 11.2. The molecule has 1 amide bonds. The molecule has 5 rings (SSSR count). The number of fused-ring (bicyclic) bond motifs is 1. The van der Waals surface area contributed by atoms with E-state index in [0.29, 0.717) is 54.3 Å². The number of benzene rings is 3. The third kappa shape index (κ3) is 5.20. The van der Waals surface area contributed by atoms with Crippen LogP contribution >= 0.6 is 12.4 Å². The Morgan fingerprint density at radius 3 is 2.59 bits per heavy atom. The molecule has 0 aliphatic carbocycles. The number of nitrogens with one attached hydrogen (secondary N) is 1. The first-order valence-corrected chi connectivity index (χ1v) is 11.4. The first kappa shape index (κ1) is 25.9. The summed E-state index contributed by atoms with van der Waals surface area (Å²) in [6, 6.07) is 12.8. The van der Waals surface area contributed by atoms with Crippen LogP contribution in [0.5, 0.6) is 5.75 Å². The van der Waals surface area contributed by atoms with E-state index in [1.165, 1.54) is 18.2 Å². The summed E-state index contributed by atoms with van der Waals surface area (Å²) in [6.07, 6.45) is 0. The molecule has 2 heterocycles. The van der Waals surface area contributed by atoms with E-state index in [4.69, 9.17) is 9.15 Å². The van der Waals surface area contributed by atoms with Crippen LogP contribution in [-0.4, -0.2) is 47.2 Å². The maximum atomic E-state index is 13.0. The van der Waals surface area contributed by atoms with Crippen LogP contribution in [0, 0.1) is 24.0 Å². The Labute approximate surface area is 218 Å². The Balaban J connectivity index is 0.00000320. The van der Waals surface area contributed by atoms with Gasteiger partial charge in [0.1, 0.15) is 17.0 Å². The molecule has 1 aliphatic heterocycles. The number of oxazole rings is 1. The average Bonchev–Trinajstić information content (AvgIpc) is 3.29. The quantitative estimate of drug-likeness (QED) is 0.206. The molecule has 0 unspecified atom stereocenters. The van der Waals surface area contributed by atoms with E-state index in [2.05, 4.69) is 10.3 Å². The van der Waals surface area contributed by atoms with Crippen molar-refractivity contribution in [1.29, 1.82) is 0 Å². The molecular formula is C26H25ClN4O6. The number of nitro groups is 1. The summed E-state index contributed by atoms with van der Waals surface area (Å²) in [7, 11) is 0. The molecule has 0 spiro atoms. The molecule has 0 radical (unpaired) electrons. The summed E-state index contributed by atoms with van der Waals surface area (Å²) in [5, 5.41) is 24.9. The summed E-state index contributed by atoms with van der Waals surface area (Å²) in [6.45, 7) is 5.94. The SMILES string of the molecule is Cc1cc(C)c2oc(-c3cc(NC(=O)c4ccc(N5CCOCC5)c([N+](=O)[O-])c4)ccc3O)nc2c1.Cl. The smallest absolute Gasteiger partial charge is 0.293 e. The van der Waals surface area contributed by atoms with Crippen molar-refractivity contribution >= 4 is 46.5 Å². The molecule has 1 fully saturated rings. The lowest BCUT2D eigenvalue weighted by atomic mass is 10.1. The number of morpholine rings is 1. The second-order valence-electron chi connectivity index (χ2n) is 8.70. The van der Waals surface area contributed by atoms with Gasteiger partial charge in [-0.25, -0.2) is 4.98 Å². The number of hydrogen-bond acceptors (Lipinski definition) is 8. The number of ether oxygens (including phenoxy) is 1. The molecule has 0 saturated carbocycles. The Kier molecular flexibility index (Phi) is 7.33. The fourth-order valence-corrected chi connectivity index (χ4v) is 4.36. The molecular weight excluding hydrogens is 500 g/mol. The number of aryl methyl sites for hydroxylation is 2. The predicted molar refractivity (Wildman–Crippen MR) is 142 cm³/mol. The van der Waals surface area contributed by atoms with E-state index in [-0.39, 0.29) is 35.3 Å². The van der Waals surface area contributed by atoms with Gasteiger partial charge < -0.3 is 24.5 Å². The molecule has 1 aromatic heterocycles. The van der Waals surface area contributed by atoms with E-state index in [9.17, 15) is 20.0 Å². The number of nitrogens with zero attached hydrogens (tertiary/aromatic N) is 3. The van der Waals surface area contributed by atoms with Gasteiger partial charge in [-0.1, -0.05) is 6.07 Å². The Hall–Kier alpha value is -4.15. The van der Waals surface area contributed by atoms with Crippen LogP contribution in [0.4, 0.5) is 17.1 Å². The second kappa shape index (κ2) is 10.5. The van der Waals surface area contributed by atoms with Crippen molar-refractivity contribution in [3.8, 4) is 17.2 Å². The molecule has 11 heteroatoms. The number of rotatable bonds is 5. The first-order chi connectivity index (χ1) is 17.3. The standard InChI is InChI=1S/C26H24N4O6.ClH/c1-15-11-16(2)24-20(12-15)28-26(36-24)19-14-18(4-6-23(19)31)27-25(32)17-3-5-21(22(13-17)30(33)34)29-7-9-35-10-8-29;/h3-6,11-14,31H,7-10H2,1-2H3,(H,27,32);1H. The highest BCUT2D eigenvalue weighted by atomic mass is 35.5. The molecule has 192 valence electrons. The molecule has 0 atom stereocenters. The summed E-state index contributed by atoms with van der Waals surface area (Å²) in [4.78, 5) is 30.6. The van der Waals surface area contributed by atoms with Gasteiger partial charge in [-0.05, 0) is 61.4 Å². The lowest BCUT2D eigenvalue weighted by Crippen LogP contribution is -2.36. The summed E-state index contributed by atoms with van der Waals surface area (Å²) >= 11 is 0. The highest BCUT2D eigenvalue weighted by molar-refractivity contribution is 6.05. The number of nitro benzene ring substituents is 1. The molecule has 10 nitrogen and oxygen atoms in total. The maximum Gasteiger partial charge on any atom is 0.293 e. The van der Waals surface area contributed by atoms with E-state index >= 15 is 0 Å². The number of phenolic OH excluding ortho intramolecular Hbond substituents is 1. The van der Waals surface area contributed by atoms with Crippen LogP contribution in [0.3, 0.4) is 0 Å².